The minimum Gasteiger partial charge on any atom is -0.0934 e. The Labute approximate surface area is 53.0 Å². The van der Waals surface area contributed by atoms with Crippen molar-refractivity contribution in [1.82, 2.24) is 0 Å². The second-order valence-corrected chi connectivity index (χ2v) is 8.21. The molecule has 0 heterocycles. The summed E-state index contributed by atoms with van der Waals surface area (Å²) in [7, 11) is -1.14. The van der Waals surface area contributed by atoms with Gasteiger partial charge in [-0.2, -0.15) is 0 Å². The smallest absolute Gasteiger partial charge is 0.0934 e. The van der Waals surface area contributed by atoms with Gasteiger partial charge in [-0.15, -0.1) is 0 Å². The van der Waals surface area contributed by atoms with E-state index in [-0.39, 0.29) is 7.71 Å². The molecule has 0 saturated carbocycles. The predicted octanol–water partition coefficient (Wildman–Crippen LogP) is 2.54. The first-order valence-corrected chi connectivity index (χ1v) is 7.52. The summed E-state index contributed by atoms with van der Waals surface area (Å²) in [6.45, 7) is 8.58. The molecule has 48 valence electrons. The average molecular weight is 150 g/mol. The van der Waals surface area contributed by atoms with Gasteiger partial charge in [-0.25, -0.2) is 0 Å². The highest BCUT2D eigenvalue weighted by molar-refractivity contribution is 7.75. The molecule has 0 aliphatic rings. The highest BCUT2D eigenvalue weighted by Gasteiger charge is 1.99. The van der Waals surface area contributed by atoms with E-state index in [4.69, 9.17) is 0 Å². The van der Waals surface area contributed by atoms with Crippen LogP contribution in [0.2, 0.25) is 0 Å². The second kappa shape index (κ2) is 2.80. The molecule has 0 amide bonds. The summed E-state index contributed by atoms with van der Waals surface area (Å²) in [5, 5.41) is 0. The van der Waals surface area contributed by atoms with Crippen LogP contribution in [0.1, 0.15) is 0 Å². The zero-order chi connectivity index (χ0) is 6.78. The Morgan fingerprint density at radius 1 is 1.38 bits per heavy atom. The Bertz CT molecular complexity index is 139. The fourth-order valence-corrected chi connectivity index (χ4v) is 4.36. The number of hydrogen-bond acceptors (Lipinski definition) is 1. The fraction of sp³-hybridized carbons (Fsp3) is 0.800. The molecule has 3 heteroatoms. The molecule has 0 fully saturated rings. The van der Waals surface area contributed by atoms with Crippen molar-refractivity contribution in [2.45, 2.75) is 0 Å². The molecular weight excluding hydrogens is 136 g/mol. The predicted molar refractivity (Wildman–Crippen MR) is 47.1 cm³/mol. The maximum atomic E-state index is 4.47. The van der Waals surface area contributed by atoms with Crippen LogP contribution in [-0.4, -0.2) is 33.0 Å². The third-order valence-corrected chi connectivity index (χ3v) is 3.79. The molecule has 0 N–H and O–H groups in total. The van der Waals surface area contributed by atoms with Gasteiger partial charge in [0.1, 0.15) is 13.3 Å². The fourth-order valence-electron chi connectivity index (χ4n) is 0.484. The van der Waals surface area contributed by atoms with Crippen LogP contribution in [0.4, 0.5) is 0 Å². The molecule has 0 aromatic heterocycles. The van der Waals surface area contributed by atoms with Crippen molar-refractivity contribution in [2.75, 3.05) is 26.7 Å². The highest BCUT2D eigenvalue weighted by Crippen LogP contribution is 2.43. The minimum atomic E-state index is -1.07. The molecule has 0 aromatic rings. The van der Waals surface area contributed by atoms with Crippen LogP contribution in [0.3, 0.4) is 0 Å². The summed E-state index contributed by atoms with van der Waals surface area (Å²) < 4.78 is 4.47. The van der Waals surface area contributed by atoms with E-state index in [1.807, 2.05) is 0 Å². The van der Waals surface area contributed by atoms with E-state index < -0.39 is 7.04 Å². The van der Waals surface area contributed by atoms with Crippen LogP contribution in [0.5, 0.6) is 0 Å². The van der Waals surface area contributed by atoms with Crippen LogP contribution in [0.15, 0.2) is 4.52 Å². The monoisotopic (exact) mass is 150 g/mol. The SMILES string of the molecule is C=P(C)(C)N=[P+](C)C. The molecule has 0 spiro atoms. The number of hydrogen-bond donors (Lipinski definition) is 0. The van der Waals surface area contributed by atoms with Crippen molar-refractivity contribution in [3.63, 3.8) is 0 Å². The summed E-state index contributed by atoms with van der Waals surface area (Å²) in [4.78, 5) is 0. The van der Waals surface area contributed by atoms with Gasteiger partial charge in [0.25, 0.3) is 0 Å². The molecule has 0 saturated heterocycles. The van der Waals surface area contributed by atoms with Crippen LogP contribution in [0, 0.1) is 0 Å². The summed E-state index contributed by atoms with van der Waals surface area (Å²) >= 11 is 0. The summed E-state index contributed by atoms with van der Waals surface area (Å²) in [6.07, 6.45) is 3.97. The van der Waals surface area contributed by atoms with E-state index >= 15 is 0 Å². The maximum absolute atomic E-state index is 4.47. The zero-order valence-electron chi connectivity index (χ0n) is 6.05. The van der Waals surface area contributed by atoms with Crippen molar-refractivity contribution >= 4 is 21.0 Å². The Balaban J connectivity index is 4.11. The first-order valence-electron chi connectivity index (χ1n) is 2.51. The number of rotatable bonds is 1. The molecule has 8 heavy (non-hydrogen) atoms. The second-order valence-electron chi connectivity index (χ2n) is 2.56. The van der Waals surface area contributed by atoms with Gasteiger partial charge >= 0.3 is 0 Å². The van der Waals surface area contributed by atoms with Gasteiger partial charge in [-0.1, -0.05) is 10.8 Å². The number of nitrogens with zero attached hydrogens (tertiary/aromatic N) is 1. The molecule has 0 aromatic carbocycles. The van der Waals surface area contributed by atoms with E-state index in [0.717, 1.165) is 0 Å². The van der Waals surface area contributed by atoms with Crippen molar-refractivity contribution in [3.8, 4) is 0 Å². The van der Waals surface area contributed by atoms with Gasteiger partial charge in [-0.3, -0.25) is 0 Å². The zero-order valence-corrected chi connectivity index (χ0v) is 7.84. The van der Waals surface area contributed by atoms with Gasteiger partial charge in [0.05, 0.1) is 0 Å². The summed E-state index contributed by atoms with van der Waals surface area (Å²) in [5.74, 6) is 0. The van der Waals surface area contributed by atoms with Gasteiger partial charge in [0, 0.05) is 7.04 Å². The van der Waals surface area contributed by atoms with E-state index in [9.17, 15) is 0 Å². The minimum absolute atomic E-state index is 0.0766. The van der Waals surface area contributed by atoms with Crippen LogP contribution >= 0.6 is 14.8 Å². The van der Waals surface area contributed by atoms with Crippen molar-refractivity contribution in [2.24, 2.45) is 4.52 Å². The lowest BCUT2D eigenvalue weighted by molar-refractivity contribution is 1.87. The molecule has 0 atom stereocenters. The third kappa shape index (κ3) is 6.40. The lowest BCUT2D eigenvalue weighted by Gasteiger charge is -1.96. The maximum Gasteiger partial charge on any atom is 0.197 e. The van der Waals surface area contributed by atoms with Gasteiger partial charge in [-0.05, 0) is 13.3 Å². The summed E-state index contributed by atoms with van der Waals surface area (Å²) in [5.41, 5.74) is 0. The molecule has 0 aliphatic carbocycles. The van der Waals surface area contributed by atoms with E-state index in [1.54, 1.807) is 0 Å². The Morgan fingerprint density at radius 2 is 1.75 bits per heavy atom. The normalized spacial score (nSPS) is 11.0. The molecule has 0 aliphatic heterocycles. The van der Waals surface area contributed by atoms with E-state index in [0.29, 0.717) is 0 Å². The Kier molecular flexibility index (Phi) is 2.94. The topological polar surface area (TPSA) is 12.4 Å². The molecule has 0 radical (unpaired) electrons. The first kappa shape index (κ1) is 8.40. The van der Waals surface area contributed by atoms with Crippen molar-refractivity contribution in [1.29, 1.82) is 0 Å². The van der Waals surface area contributed by atoms with Gasteiger partial charge < -0.3 is 0 Å². The van der Waals surface area contributed by atoms with Crippen LogP contribution in [-0.2, 0) is 0 Å². The molecule has 1 nitrogen and oxygen atoms in total. The third-order valence-electron chi connectivity index (χ3n) is 0.421. The van der Waals surface area contributed by atoms with E-state index in [1.165, 1.54) is 0 Å². The summed E-state index contributed by atoms with van der Waals surface area (Å²) in [6, 6.07) is 0. The molecular formula is C5H14NP2+. The van der Waals surface area contributed by atoms with E-state index in [2.05, 4.69) is 37.5 Å². The lowest BCUT2D eigenvalue weighted by atomic mass is 11.9. The van der Waals surface area contributed by atoms with Gasteiger partial charge in [0.2, 0.25) is 0 Å². The molecule has 0 bridgehead atoms. The average Bonchev–Trinajstić information content (AvgIpc) is 1.21. The quantitative estimate of drug-likeness (QED) is 0.509. The highest BCUT2D eigenvalue weighted by atomic mass is 31.2. The van der Waals surface area contributed by atoms with Crippen LogP contribution < -0.4 is 0 Å². The van der Waals surface area contributed by atoms with Crippen molar-refractivity contribution in [3.05, 3.63) is 0 Å². The van der Waals surface area contributed by atoms with Crippen LogP contribution in [0.25, 0.3) is 0 Å². The largest absolute Gasteiger partial charge is 0.197 e. The van der Waals surface area contributed by atoms with Gasteiger partial charge in [0.15, 0.2) is 7.71 Å². The Morgan fingerprint density at radius 3 is 1.75 bits per heavy atom. The molecule has 0 unspecified atom stereocenters. The Hall–Kier alpha value is 0.400. The lowest BCUT2D eigenvalue weighted by Crippen LogP contribution is -1.63. The molecule has 0 rings (SSSR count). The standard InChI is InChI=1S/C5H14NP2/c1-7(2)6-8(3,4)5/h3H2,1-2,4-5H3/q+1. The first-order chi connectivity index (χ1) is 3.42. The van der Waals surface area contributed by atoms with Crippen molar-refractivity contribution < 1.29 is 0 Å².